The van der Waals surface area contributed by atoms with Gasteiger partial charge in [-0.15, -0.1) is 0 Å². The van der Waals surface area contributed by atoms with E-state index in [0.717, 1.165) is 11.4 Å². The van der Waals surface area contributed by atoms with Gasteiger partial charge >= 0.3 is 0 Å². The number of hydrogen-bond acceptors (Lipinski definition) is 5. The van der Waals surface area contributed by atoms with Crippen molar-refractivity contribution >= 4 is 32.8 Å². The number of benzene rings is 1. The van der Waals surface area contributed by atoms with Gasteiger partial charge in [0.1, 0.15) is 16.3 Å². The number of hydrogen-bond donors (Lipinski definition) is 1. The Kier molecular flexibility index (Phi) is 3.91. The van der Waals surface area contributed by atoms with Gasteiger partial charge in [0, 0.05) is 13.6 Å². The van der Waals surface area contributed by atoms with Crippen molar-refractivity contribution < 1.29 is 8.42 Å². The third-order valence-corrected chi connectivity index (χ3v) is 5.05. The molecule has 0 atom stereocenters. The number of fused-ring (bicyclic) bond motifs is 1. The summed E-state index contributed by atoms with van der Waals surface area (Å²) in [6, 6.07) is 4.98. The molecule has 0 amide bonds. The van der Waals surface area contributed by atoms with Gasteiger partial charge in [0.2, 0.25) is 10.0 Å². The van der Waals surface area contributed by atoms with Gasteiger partial charge in [-0.1, -0.05) is 6.07 Å². The first-order valence-electron chi connectivity index (χ1n) is 5.45. The molecule has 2 N–H and O–H groups in total. The molecule has 6 nitrogen and oxygen atoms in total. The molecule has 0 radical (unpaired) electrons. The van der Waals surface area contributed by atoms with Crippen molar-refractivity contribution in [3.05, 3.63) is 18.2 Å². The van der Waals surface area contributed by atoms with E-state index in [4.69, 9.17) is 5.73 Å². The van der Waals surface area contributed by atoms with Crippen LogP contribution in [-0.2, 0) is 21.4 Å². The smallest absolute Gasteiger partial charge is 0.245 e. The fourth-order valence-corrected chi connectivity index (χ4v) is 3.55. The Hall–Kier alpha value is -1.09. The van der Waals surface area contributed by atoms with E-state index >= 15 is 0 Å². The zero-order valence-corrected chi connectivity index (χ0v) is 11.5. The van der Waals surface area contributed by atoms with Crippen LogP contribution in [0.15, 0.2) is 31.8 Å². The first-order chi connectivity index (χ1) is 8.57. The molecular formula is C10H14N4O2S2. The van der Waals surface area contributed by atoms with Gasteiger partial charge in [0.15, 0.2) is 0 Å². The Morgan fingerprint density at radius 1 is 1.39 bits per heavy atom. The van der Waals surface area contributed by atoms with Crippen LogP contribution in [0.4, 0.5) is 11.4 Å². The van der Waals surface area contributed by atoms with Crippen LogP contribution < -0.4 is 5.73 Å². The van der Waals surface area contributed by atoms with Crippen LogP contribution in [0.3, 0.4) is 0 Å². The molecule has 1 heterocycles. The van der Waals surface area contributed by atoms with E-state index in [1.807, 2.05) is 0 Å². The van der Waals surface area contributed by atoms with Crippen LogP contribution in [-0.4, -0.2) is 32.9 Å². The van der Waals surface area contributed by atoms with E-state index in [0.29, 0.717) is 30.9 Å². The minimum Gasteiger partial charge on any atom is -0.330 e. The fraction of sp³-hybridized carbons (Fsp3) is 0.400. The third-order valence-electron chi connectivity index (χ3n) is 2.61. The Morgan fingerprint density at radius 2 is 2.17 bits per heavy atom. The molecule has 0 aromatic heterocycles. The molecule has 8 heteroatoms. The second-order valence-corrected chi connectivity index (χ2v) is 6.40. The molecule has 0 saturated heterocycles. The average Bonchev–Trinajstić information content (AvgIpc) is 2.83. The molecule has 0 unspecified atom stereocenters. The maximum Gasteiger partial charge on any atom is 0.245 e. The third kappa shape index (κ3) is 2.37. The van der Waals surface area contributed by atoms with Crippen molar-refractivity contribution in [2.45, 2.75) is 11.3 Å². The van der Waals surface area contributed by atoms with Gasteiger partial charge in [-0.3, -0.25) is 0 Å². The highest BCUT2D eigenvalue weighted by atomic mass is 32.2. The van der Waals surface area contributed by atoms with Gasteiger partial charge in [-0.05, 0) is 25.1 Å². The quantitative estimate of drug-likeness (QED) is 0.900. The van der Waals surface area contributed by atoms with Crippen LogP contribution >= 0.6 is 0 Å². The van der Waals surface area contributed by atoms with Crippen LogP contribution in [0, 0.1) is 0 Å². The summed E-state index contributed by atoms with van der Waals surface area (Å²) in [6.07, 6.45) is 0.626. The lowest BCUT2D eigenvalue weighted by Crippen LogP contribution is -2.29. The Morgan fingerprint density at radius 3 is 2.89 bits per heavy atom. The number of nitrogens with two attached hydrogens (primary N) is 1. The molecule has 0 fully saturated rings. The summed E-state index contributed by atoms with van der Waals surface area (Å²) in [6.45, 7) is 0.856. The summed E-state index contributed by atoms with van der Waals surface area (Å²) in [4.78, 5) is 0.202. The predicted molar refractivity (Wildman–Crippen MR) is 71.5 cm³/mol. The molecule has 1 aliphatic rings. The van der Waals surface area contributed by atoms with Crippen molar-refractivity contribution in [1.29, 1.82) is 0 Å². The van der Waals surface area contributed by atoms with E-state index in [1.54, 1.807) is 25.2 Å². The van der Waals surface area contributed by atoms with E-state index in [9.17, 15) is 8.42 Å². The molecule has 1 aliphatic heterocycles. The Bertz CT molecular complexity index is 621. The van der Waals surface area contributed by atoms with Crippen LogP contribution in [0.2, 0.25) is 0 Å². The first kappa shape index (κ1) is 13.3. The summed E-state index contributed by atoms with van der Waals surface area (Å²) >= 11 is 1.01. The minimum atomic E-state index is -3.53. The van der Waals surface area contributed by atoms with Gasteiger partial charge in [-0.2, -0.15) is 8.73 Å². The monoisotopic (exact) mass is 286 g/mol. The van der Waals surface area contributed by atoms with Crippen LogP contribution in [0.5, 0.6) is 0 Å². The van der Waals surface area contributed by atoms with Crippen molar-refractivity contribution in [3.63, 3.8) is 0 Å². The van der Waals surface area contributed by atoms with Crippen LogP contribution in [0.1, 0.15) is 6.42 Å². The maximum absolute atomic E-state index is 12.4. The zero-order valence-electron chi connectivity index (χ0n) is 9.91. The topological polar surface area (TPSA) is 88.1 Å². The number of sulfonamides is 1. The standard InChI is InChI=1S/C10H14N4O2S2/c1-14(7-3-6-11)18(15,16)9-5-2-4-8-10(9)13-17-12-8/h2,4-5H,3,6-7,11H2,1H3. The summed E-state index contributed by atoms with van der Waals surface area (Å²) in [5, 5.41) is 0. The first-order valence-corrected chi connectivity index (χ1v) is 7.62. The number of rotatable bonds is 5. The lowest BCUT2D eigenvalue weighted by Gasteiger charge is -2.17. The Balaban J connectivity index is 2.37. The second-order valence-electron chi connectivity index (χ2n) is 3.86. The van der Waals surface area contributed by atoms with Crippen molar-refractivity contribution in [1.82, 2.24) is 4.31 Å². The molecular weight excluding hydrogens is 272 g/mol. The molecule has 0 saturated carbocycles. The predicted octanol–water partition coefficient (Wildman–Crippen LogP) is 1.38. The maximum atomic E-state index is 12.4. The minimum absolute atomic E-state index is 0.202. The normalized spacial score (nSPS) is 13.7. The summed E-state index contributed by atoms with van der Waals surface area (Å²) < 4.78 is 34.1. The molecule has 0 aliphatic carbocycles. The van der Waals surface area contributed by atoms with E-state index in [1.165, 1.54) is 4.31 Å². The largest absolute Gasteiger partial charge is 0.330 e. The molecule has 18 heavy (non-hydrogen) atoms. The van der Waals surface area contributed by atoms with Crippen molar-refractivity contribution in [2.75, 3.05) is 20.1 Å². The summed E-state index contributed by atoms with van der Waals surface area (Å²) in [5.74, 6) is 0. The highest BCUT2D eigenvalue weighted by Crippen LogP contribution is 2.38. The second kappa shape index (κ2) is 5.27. The molecule has 2 rings (SSSR count). The van der Waals surface area contributed by atoms with Gasteiger partial charge in [-0.25, -0.2) is 12.7 Å². The SMILES string of the molecule is CN(CCCN)S(=O)(=O)c1cccc2c1N=S=N2. The summed E-state index contributed by atoms with van der Waals surface area (Å²) in [5.41, 5.74) is 6.43. The van der Waals surface area contributed by atoms with E-state index < -0.39 is 10.0 Å². The number of nitrogens with zero attached hydrogens (tertiary/aromatic N) is 3. The fourth-order valence-electron chi connectivity index (χ4n) is 1.59. The van der Waals surface area contributed by atoms with Crippen LogP contribution in [0.25, 0.3) is 0 Å². The molecule has 1 aromatic rings. The lowest BCUT2D eigenvalue weighted by molar-refractivity contribution is 0.464. The van der Waals surface area contributed by atoms with Crippen molar-refractivity contribution in [2.24, 2.45) is 14.5 Å². The Labute approximate surface area is 110 Å². The molecule has 1 aromatic carbocycles. The van der Waals surface area contributed by atoms with Gasteiger partial charge in [0.05, 0.1) is 11.4 Å². The highest BCUT2D eigenvalue weighted by Gasteiger charge is 2.26. The van der Waals surface area contributed by atoms with Gasteiger partial charge < -0.3 is 5.73 Å². The highest BCUT2D eigenvalue weighted by molar-refractivity contribution is 7.89. The van der Waals surface area contributed by atoms with E-state index in [-0.39, 0.29) is 4.90 Å². The molecule has 98 valence electrons. The molecule has 0 spiro atoms. The zero-order chi connectivity index (χ0) is 13.2. The van der Waals surface area contributed by atoms with E-state index in [2.05, 4.69) is 8.73 Å². The average molecular weight is 286 g/mol. The molecule has 0 bridgehead atoms. The van der Waals surface area contributed by atoms with Crippen molar-refractivity contribution in [3.8, 4) is 0 Å². The summed E-state index contributed by atoms with van der Waals surface area (Å²) in [7, 11) is -1.98. The van der Waals surface area contributed by atoms with Gasteiger partial charge in [0.25, 0.3) is 0 Å². The lowest BCUT2D eigenvalue weighted by atomic mass is 10.3.